The van der Waals surface area contributed by atoms with Crippen molar-refractivity contribution in [1.82, 2.24) is 4.90 Å². The zero-order chi connectivity index (χ0) is 36.2. The molecule has 0 amide bonds. The van der Waals surface area contributed by atoms with E-state index in [0.29, 0.717) is 6.04 Å². The lowest BCUT2D eigenvalue weighted by atomic mass is 9.98. The second kappa shape index (κ2) is 27.4. The number of unbranched alkanes of at least 4 members (excludes halogenated alkanes) is 18. The molecule has 0 atom stereocenters. The van der Waals surface area contributed by atoms with Crippen molar-refractivity contribution in [1.29, 1.82) is 0 Å². The van der Waals surface area contributed by atoms with Gasteiger partial charge in [-0.1, -0.05) is 140 Å². The number of ether oxygens (including phenoxy) is 2. The minimum absolute atomic E-state index is 0.469. The molecule has 3 heteroatoms. The van der Waals surface area contributed by atoms with E-state index in [1.165, 1.54) is 152 Å². The number of rotatable bonds is 31. The van der Waals surface area contributed by atoms with Crippen molar-refractivity contribution < 1.29 is 9.47 Å². The first-order valence-electron chi connectivity index (χ1n) is 21.9. The Labute approximate surface area is 316 Å². The molecule has 0 fully saturated rings. The Morgan fingerprint density at radius 2 is 0.863 bits per heavy atom. The van der Waals surface area contributed by atoms with Crippen molar-refractivity contribution in [3.63, 3.8) is 0 Å². The molecule has 288 valence electrons. The Balaban J connectivity index is 1.32. The summed E-state index contributed by atoms with van der Waals surface area (Å²) in [6.45, 7) is 4.54. The topological polar surface area (TPSA) is 21.7 Å². The molecule has 51 heavy (non-hydrogen) atoms. The quantitative estimate of drug-likeness (QED) is 0.0568. The van der Waals surface area contributed by atoms with Crippen LogP contribution in [0.5, 0.6) is 11.5 Å². The van der Waals surface area contributed by atoms with Crippen LogP contribution in [-0.4, -0.2) is 30.8 Å². The standard InChI is InChI=1S/C48H79NO2/c1-5-7-9-11-13-15-17-19-21-23-25-27-29-31-33-35-37-48(50-46-41-43-39-45(49(3)4)40-44(43)42-47(46)51-48)38-36-34-32-30-28-26-24-22-20-18-16-14-12-10-8-6-2/h13-16,19-22,41-42,45H,5-12,17-18,23-40H2,1-4H3/b15-13-,16-14-,21-19-,22-20-. The monoisotopic (exact) mass is 702 g/mol. The van der Waals surface area contributed by atoms with Crippen molar-refractivity contribution in [2.24, 2.45) is 0 Å². The lowest BCUT2D eigenvalue weighted by Gasteiger charge is -2.28. The molecular weight excluding hydrogens is 623 g/mol. The molecule has 3 rings (SSSR count). The van der Waals surface area contributed by atoms with Gasteiger partial charge in [0, 0.05) is 18.9 Å². The van der Waals surface area contributed by atoms with Crippen molar-refractivity contribution in [2.45, 2.75) is 205 Å². The molecule has 3 nitrogen and oxygen atoms in total. The number of hydrogen-bond donors (Lipinski definition) is 0. The third-order valence-electron chi connectivity index (χ3n) is 11.0. The Bertz CT molecular complexity index is 1060. The van der Waals surface area contributed by atoms with Crippen LogP contribution in [0, 0.1) is 0 Å². The highest BCUT2D eigenvalue weighted by Crippen LogP contribution is 2.47. The predicted octanol–water partition coefficient (Wildman–Crippen LogP) is 14.6. The van der Waals surface area contributed by atoms with Gasteiger partial charge < -0.3 is 14.4 Å². The van der Waals surface area contributed by atoms with Crippen LogP contribution in [-0.2, 0) is 12.8 Å². The highest BCUT2D eigenvalue weighted by atomic mass is 16.7. The van der Waals surface area contributed by atoms with Gasteiger partial charge in [0.05, 0.1) is 0 Å². The molecule has 1 aliphatic carbocycles. The molecule has 0 spiro atoms. The van der Waals surface area contributed by atoms with Gasteiger partial charge in [-0.15, -0.1) is 0 Å². The van der Waals surface area contributed by atoms with Gasteiger partial charge in [0.1, 0.15) is 0 Å². The summed E-state index contributed by atoms with van der Waals surface area (Å²) in [5, 5.41) is 0. The molecule has 0 unspecified atom stereocenters. The summed E-state index contributed by atoms with van der Waals surface area (Å²) < 4.78 is 13.6. The van der Waals surface area contributed by atoms with E-state index in [1.54, 1.807) is 0 Å². The van der Waals surface area contributed by atoms with Crippen LogP contribution in [0.25, 0.3) is 0 Å². The molecule has 1 aliphatic heterocycles. The fraction of sp³-hybridized carbons (Fsp3) is 0.708. The predicted molar refractivity (Wildman–Crippen MR) is 223 cm³/mol. The van der Waals surface area contributed by atoms with E-state index in [1.807, 2.05) is 0 Å². The fourth-order valence-corrected chi connectivity index (χ4v) is 7.64. The summed E-state index contributed by atoms with van der Waals surface area (Å²) in [4.78, 5) is 2.36. The van der Waals surface area contributed by atoms with Gasteiger partial charge >= 0.3 is 0 Å². The maximum Gasteiger partial charge on any atom is 0.251 e. The molecule has 0 radical (unpaired) electrons. The van der Waals surface area contributed by atoms with Crippen molar-refractivity contribution in [2.75, 3.05) is 14.1 Å². The van der Waals surface area contributed by atoms with Crippen molar-refractivity contribution in [3.8, 4) is 11.5 Å². The van der Waals surface area contributed by atoms with Crippen LogP contribution in [0.1, 0.15) is 192 Å². The van der Waals surface area contributed by atoms with Crippen molar-refractivity contribution in [3.05, 3.63) is 71.9 Å². The summed E-state index contributed by atoms with van der Waals surface area (Å²) >= 11 is 0. The van der Waals surface area contributed by atoms with Crippen molar-refractivity contribution >= 4 is 0 Å². The Hall–Kier alpha value is -2.26. The zero-order valence-corrected chi connectivity index (χ0v) is 33.9. The number of fused-ring (bicyclic) bond motifs is 2. The van der Waals surface area contributed by atoms with Crippen LogP contribution in [0.2, 0.25) is 0 Å². The molecule has 0 saturated carbocycles. The molecule has 1 aromatic rings. The molecule has 0 bridgehead atoms. The average Bonchev–Trinajstić information content (AvgIpc) is 3.70. The summed E-state index contributed by atoms with van der Waals surface area (Å²) in [7, 11) is 4.39. The SMILES string of the molecule is CCCCC/C=C\C/C=C\CCCCCCCCC1(CCCCCCCC/C=C\C/C=C\CCCCC)Oc2cc3c(cc2O1)CC(N(C)C)C3. The summed E-state index contributed by atoms with van der Waals surface area (Å²) in [5.74, 6) is 1.52. The molecule has 1 aromatic carbocycles. The average molecular weight is 702 g/mol. The van der Waals surface area contributed by atoms with Gasteiger partial charge in [0.25, 0.3) is 5.79 Å². The van der Waals surface area contributed by atoms with E-state index in [2.05, 4.69) is 93.6 Å². The summed E-state index contributed by atoms with van der Waals surface area (Å²) in [6, 6.07) is 5.21. The molecular formula is C48H79NO2. The third-order valence-corrected chi connectivity index (χ3v) is 11.0. The Morgan fingerprint density at radius 1 is 0.510 bits per heavy atom. The second-order valence-electron chi connectivity index (χ2n) is 15.9. The van der Waals surface area contributed by atoms with Gasteiger partial charge in [-0.05, 0) is 127 Å². The van der Waals surface area contributed by atoms with Crippen LogP contribution in [0.3, 0.4) is 0 Å². The van der Waals surface area contributed by atoms with E-state index in [0.717, 1.165) is 50.0 Å². The highest BCUT2D eigenvalue weighted by Gasteiger charge is 2.41. The minimum Gasteiger partial charge on any atom is -0.448 e. The van der Waals surface area contributed by atoms with Gasteiger partial charge in [0.15, 0.2) is 11.5 Å². The zero-order valence-electron chi connectivity index (χ0n) is 33.9. The van der Waals surface area contributed by atoms with Gasteiger partial charge in [0.2, 0.25) is 0 Å². The van der Waals surface area contributed by atoms with Crippen LogP contribution in [0.15, 0.2) is 60.7 Å². The number of allylic oxidation sites excluding steroid dienone is 8. The number of benzene rings is 1. The van der Waals surface area contributed by atoms with E-state index in [-0.39, 0.29) is 0 Å². The number of hydrogen-bond acceptors (Lipinski definition) is 3. The molecule has 2 aliphatic rings. The van der Waals surface area contributed by atoms with E-state index in [9.17, 15) is 0 Å². The van der Waals surface area contributed by atoms with Crippen LogP contribution >= 0.6 is 0 Å². The summed E-state index contributed by atoms with van der Waals surface area (Å²) in [6.07, 6.45) is 53.7. The first-order valence-corrected chi connectivity index (χ1v) is 21.9. The molecule has 0 saturated heterocycles. The lowest BCUT2D eigenvalue weighted by molar-refractivity contribution is -0.0949. The fourth-order valence-electron chi connectivity index (χ4n) is 7.64. The molecule has 0 aromatic heterocycles. The third kappa shape index (κ3) is 18.4. The number of likely N-dealkylation sites (N-methyl/N-ethyl adjacent to an activating group) is 1. The second-order valence-corrected chi connectivity index (χ2v) is 15.9. The molecule has 0 N–H and O–H groups in total. The van der Waals surface area contributed by atoms with E-state index < -0.39 is 5.79 Å². The first kappa shape index (κ1) is 43.1. The maximum absolute atomic E-state index is 6.80. The normalized spacial score (nSPS) is 15.6. The summed E-state index contributed by atoms with van der Waals surface area (Å²) in [5.41, 5.74) is 2.91. The minimum atomic E-state index is -0.469. The highest BCUT2D eigenvalue weighted by molar-refractivity contribution is 5.52. The Kier molecular flexibility index (Phi) is 23.1. The van der Waals surface area contributed by atoms with Crippen LogP contribution < -0.4 is 9.47 Å². The van der Waals surface area contributed by atoms with Gasteiger partial charge in [-0.25, -0.2) is 0 Å². The maximum atomic E-state index is 6.80. The van der Waals surface area contributed by atoms with Gasteiger partial charge in [-0.3, -0.25) is 0 Å². The smallest absolute Gasteiger partial charge is 0.251 e. The largest absolute Gasteiger partial charge is 0.448 e. The molecule has 1 heterocycles. The lowest BCUT2D eigenvalue weighted by Crippen LogP contribution is -2.38. The van der Waals surface area contributed by atoms with Crippen LogP contribution in [0.4, 0.5) is 0 Å². The van der Waals surface area contributed by atoms with E-state index in [4.69, 9.17) is 9.47 Å². The number of nitrogens with zero attached hydrogens (tertiary/aromatic N) is 1. The van der Waals surface area contributed by atoms with Gasteiger partial charge in [-0.2, -0.15) is 0 Å². The Morgan fingerprint density at radius 3 is 1.24 bits per heavy atom. The first-order chi connectivity index (χ1) is 25.1. The van der Waals surface area contributed by atoms with E-state index >= 15 is 0 Å².